The molecule has 0 spiro atoms. The molecule has 1 aromatic rings. The van der Waals surface area contributed by atoms with E-state index in [1.54, 1.807) is 24.0 Å². The summed E-state index contributed by atoms with van der Waals surface area (Å²) in [6.45, 7) is 4.14. The van der Waals surface area contributed by atoms with Gasteiger partial charge in [-0.05, 0) is 18.4 Å². The molecule has 1 rings (SSSR count). The number of nitrogens with zero attached hydrogens (tertiary/aromatic N) is 2. The largest absolute Gasteiger partial charge is 0.348 e. The fourth-order valence-corrected chi connectivity index (χ4v) is 1.76. The standard InChI is InChI=1S/C11H18ClN3O/c1-8(2)9(4-6-12)14-11(16)10-5-7-13-15(10)3/h5,7-9H,4,6H2,1-3H3,(H,14,16). The van der Waals surface area contributed by atoms with E-state index in [1.807, 2.05) is 0 Å². The molecule has 0 bridgehead atoms. The summed E-state index contributed by atoms with van der Waals surface area (Å²) in [5.74, 6) is 0.828. The van der Waals surface area contributed by atoms with Crippen LogP contribution >= 0.6 is 11.6 Å². The zero-order valence-electron chi connectivity index (χ0n) is 9.90. The lowest BCUT2D eigenvalue weighted by Gasteiger charge is -2.21. The molecule has 0 saturated carbocycles. The van der Waals surface area contributed by atoms with Crippen molar-refractivity contribution in [3.8, 4) is 0 Å². The maximum absolute atomic E-state index is 11.9. The summed E-state index contributed by atoms with van der Waals surface area (Å²) in [6.07, 6.45) is 2.39. The lowest BCUT2D eigenvalue weighted by molar-refractivity contribution is 0.0915. The van der Waals surface area contributed by atoms with Gasteiger partial charge < -0.3 is 5.32 Å². The molecule has 1 unspecified atom stereocenters. The number of hydrogen-bond donors (Lipinski definition) is 1. The predicted octanol–water partition coefficient (Wildman–Crippen LogP) is 1.80. The predicted molar refractivity (Wildman–Crippen MR) is 64.6 cm³/mol. The Labute approximate surface area is 101 Å². The van der Waals surface area contributed by atoms with E-state index in [0.717, 1.165) is 6.42 Å². The maximum atomic E-state index is 11.9. The van der Waals surface area contributed by atoms with Crippen molar-refractivity contribution in [2.75, 3.05) is 5.88 Å². The Hall–Kier alpha value is -1.03. The minimum absolute atomic E-state index is 0.0937. The van der Waals surface area contributed by atoms with Gasteiger partial charge in [0.1, 0.15) is 5.69 Å². The van der Waals surface area contributed by atoms with Gasteiger partial charge in [-0.25, -0.2) is 0 Å². The number of carbonyl (C=O) groups is 1. The van der Waals surface area contributed by atoms with Gasteiger partial charge in [-0.15, -0.1) is 11.6 Å². The Morgan fingerprint density at radius 3 is 2.75 bits per heavy atom. The van der Waals surface area contributed by atoms with E-state index in [4.69, 9.17) is 11.6 Å². The van der Waals surface area contributed by atoms with E-state index < -0.39 is 0 Å². The van der Waals surface area contributed by atoms with Crippen molar-refractivity contribution < 1.29 is 4.79 Å². The highest BCUT2D eigenvalue weighted by atomic mass is 35.5. The van der Waals surface area contributed by atoms with Gasteiger partial charge in [0.15, 0.2) is 0 Å². The van der Waals surface area contributed by atoms with E-state index in [9.17, 15) is 4.79 Å². The van der Waals surface area contributed by atoms with Crippen LogP contribution in [-0.4, -0.2) is 27.6 Å². The van der Waals surface area contributed by atoms with Crippen molar-refractivity contribution in [1.29, 1.82) is 0 Å². The molecule has 16 heavy (non-hydrogen) atoms. The van der Waals surface area contributed by atoms with Crippen LogP contribution in [0.1, 0.15) is 30.8 Å². The van der Waals surface area contributed by atoms with Crippen molar-refractivity contribution >= 4 is 17.5 Å². The average Bonchev–Trinajstić information content (AvgIpc) is 2.63. The maximum Gasteiger partial charge on any atom is 0.269 e. The summed E-state index contributed by atoms with van der Waals surface area (Å²) >= 11 is 5.71. The van der Waals surface area contributed by atoms with Crippen molar-refractivity contribution in [2.24, 2.45) is 13.0 Å². The summed E-state index contributed by atoms with van der Waals surface area (Å²) < 4.78 is 1.56. The summed E-state index contributed by atoms with van der Waals surface area (Å²) in [7, 11) is 1.75. The van der Waals surface area contributed by atoms with E-state index in [-0.39, 0.29) is 11.9 Å². The first-order valence-corrected chi connectivity index (χ1v) is 5.94. The molecule has 1 amide bonds. The summed E-state index contributed by atoms with van der Waals surface area (Å²) in [5, 5.41) is 6.94. The van der Waals surface area contributed by atoms with E-state index in [2.05, 4.69) is 24.3 Å². The van der Waals surface area contributed by atoms with Crippen LogP contribution in [0.2, 0.25) is 0 Å². The first-order chi connectivity index (χ1) is 7.56. The number of aryl methyl sites for hydroxylation is 1. The van der Waals surface area contributed by atoms with Gasteiger partial charge in [-0.1, -0.05) is 13.8 Å². The Morgan fingerprint density at radius 2 is 2.31 bits per heavy atom. The van der Waals surface area contributed by atoms with Crippen LogP contribution < -0.4 is 5.32 Å². The van der Waals surface area contributed by atoms with E-state index in [1.165, 1.54) is 0 Å². The van der Waals surface area contributed by atoms with Crippen LogP contribution in [0.15, 0.2) is 12.3 Å². The second-order valence-corrected chi connectivity index (χ2v) is 4.52. The van der Waals surface area contributed by atoms with Gasteiger partial charge in [-0.2, -0.15) is 5.10 Å². The highest BCUT2D eigenvalue weighted by molar-refractivity contribution is 6.17. The Balaban J connectivity index is 2.65. The van der Waals surface area contributed by atoms with Gasteiger partial charge in [0.25, 0.3) is 5.91 Å². The monoisotopic (exact) mass is 243 g/mol. The van der Waals surface area contributed by atoms with Crippen molar-refractivity contribution in [3.63, 3.8) is 0 Å². The van der Waals surface area contributed by atoms with Gasteiger partial charge in [0, 0.05) is 25.2 Å². The molecule has 1 atom stereocenters. The van der Waals surface area contributed by atoms with Crippen LogP contribution in [0, 0.1) is 5.92 Å². The molecule has 1 heterocycles. The van der Waals surface area contributed by atoms with Crippen LogP contribution in [0.3, 0.4) is 0 Å². The topological polar surface area (TPSA) is 46.9 Å². The molecule has 0 saturated heterocycles. The summed E-state index contributed by atoms with van der Waals surface area (Å²) in [6, 6.07) is 1.81. The molecule has 0 fully saturated rings. The smallest absolute Gasteiger partial charge is 0.269 e. The second kappa shape index (κ2) is 5.89. The number of aromatic nitrogens is 2. The van der Waals surface area contributed by atoms with Crippen LogP contribution in [0.5, 0.6) is 0 Å². The minimum Gasteiger partial charge on any atom is -0.348 e. The number of amides is 1. The van der Waals surface area contributed by atoms with Crippen molar-refractivity contribution in [3.05, 3.63) is 18.0 Å². The van der Waals surface area contributed by atoms with Crippen molar-refractivity contribution in [1.82, 2.24) is 15.1 Å². The van der Waals surface area contributed by atoms with Crippen LogP contribution in [-0.2, 0) is 7.05 Å². The average molecular weight is 244 g/mol. The van der Waals surface area contributed by atoms with Crippen molar-refractivity contribution in [2.45, 2.75) is 26.3 Å². The fourth-order valence-electron chi connectivity index (χ4n) is 1.53. The molecule has 4 nitrogen and oxygen atoms in total. The third-order valence-corrected chi connectivity index (χ3v) is 2.81. The molecule has 1 aromatic heterocycles. The van der Waals surface area contributed by atoms with E-state index >= 15 is 0 Å². The quantitative estimate of drug-likeness (QED) is 0.802. The lowest BCUT2D eigenvalue weighted by Crippen LogP contribution is -2.39. The third kappa shape index (κ3) is 3.23. The Bertz CT molecular complexity index is 349. The van der Waals surface area contributed by atoms with Gasteiger partial charge in [0.05, 0.1) is 0 Å². The molecular formula is C11H18ClN3O. The fraction of sp³-hybridized carbons (Fsp3) is 0.636. The molecule has 0 aliphatic carbocycles. The third-order valence-electron chi connectivity index (χ3n) is 2.59. The number of rotatable bonds is 5. The lowest BCUT2D eigenvalue weighted by atomic mass is 10.0. The highest BCUT2D eigenvalue weighted by Crippen LogP contribution is 2.08. The molecule has 0 aliphatic rings. The van der Waals surface area contributed by atoms with Gasteiger partial charge in [-0.3, -0.25) is 9.48 Å². The van der Waals surface area contributed by atoms with Crippen LogP contribution in [0.4, 0.5) is 0 Å². The molecular weight excluding hydrogens is 226 g/mol. The number of nitrogens with one attached hydrogen (secondary N) is 1. The number of halogens is 1. The SMILES string of the molecule is CC(C)C(CCCl)NC(=O)c1ccnn1C. The van der Waals surface area contributed by atoms with Gasteiger partial charge >= 0.3 is 0 Å². The van der Waals surface area contributed by atoms with E-state index in [0.29, 0.717) is 17.5 Å². The summed E-state index contributed by atoms with van der Waals surface area (Å²) in [4.78, 5) is 11.9. The normalized spacial score (nSPS) is 12.8. The highest BCUT2D eigenvalue weighted by Gasteiger charge is 2.18. The molecule has 1 N–H and O–H groups in total. The second-order valence-electron chi connectivity index (χ2n) is 4.14. The van der Waals surface area contributed by atoms with Gasteiger partial charge in [0.2, 0.25) is 0 Å². The Morgan fingerprint density at radius 1 is 1.62 bits per heavy atom. The molecule has 90 valence electrons. The first kappa shape index (κ1) is 13.0. The zero-order chi connectivity index (χ0) is 12.1. The molecule has 0 aromatic carbocycles. The minimum atomic E-state index is -0.0937. The number of hydrogen-bond acceptors (Lipinski definition) is 2. The summed E-state index contributed by atoms with van der Waals surface area (Å²) in [5.41, 5.74) is 0.570. The zero-order valence-corrected chi connectivity index (χ0v) is 10.7. The molecule has 5 heteroatoms. The first-order valence-electron chi connectivity index (χ1n) is 5.41. The molecule has 0 radical (unpaired) electrons. The number of carbonyl (C=O) groups excluding carboxylic acids is 1. The number of alkyl halides is 1. The Kier molecular flexibility index (Phi) is 4.80. The molecule has 0 aliphatic heterocycles. The van der Waals surface area contributed by atoms with Crippen LogP contribution in [0.25, 0.3) is 0 Å².